The Labute approximate surface area is 125 Å². The van der Waals surface area contributed by atoms with Gasteiger partial charge in [-0.15, -0.1) is 0 Å². The fourth-order valence-electron chi connectivity index (χ4n) is 3.23. The highest BCUT2D eigenvalue weighted by Crippen LogP contribution is 2.28. The molecular formula is C16H25BrN2. The Bertz CT molecular complexity index is 404. The molecule has 1 aliphatic heterocycles. The molecule has 0 radical (unpaired) electrons. The monoisotopic (exact) mass is 324 g/mol. The standard InChI is InChI=1S/C16H25BrN2/c1-13-5-3-4-10-19(13)16(2,12-18)11-14-6-8-15(17)9-7-14/h6-9,13H,3-5,10-12,18H2,1-2H3. The predicted octanol–water partition coefficient (Wildman–Crippen LogP) is 3.58. The molecule has 1 saturated heterocycles. The van der Waals surface area contributed by atoms with Gasteiger partial charge in [0.15, 0.2) is 0 Å². The molecule has 1 heterocycles. The molecule has 2 unspecified atom stereocenters. The smallest absolute Gasteiger partial charge is 0.0346 e. The van der Waals surface area contributed by atoms with E-state index in [2.05, 4.69) is 58.9 Å². The first-order valence-corrected chi connectivity index (χ1v) is 8.06. The summed E-state index contributed by atoms with van der Waals surface area (Å²) in [6, 6.07) is 9.29. The van der Waals surface area contributed by atoms with Gasteiger partial charge in [0, 0.05) is 22.6 Å². The molecule has 1 fully saturated rings. The maximum Gasteiger partial charge on any atom is 0.0346 e. The molecule has 2 nitrogen and oxygen atoms in total. The zero-order valence-electron chi connectivity index (χ0n) is 12.0. The lowest BCUT2D eigenvalue weighted by atomic mass is 9.87. The highest BCUT2D eigenvalue weighted by molar-refractivity contribution is 9.10. The van der Waals surface area contributed by atoms with E-state index in [1.165, 1.54) is 31.4 Å². The van der Waals surface area contributed by atoms with Gasteiger partial charge in [0.2, 0.25) is 0 Å². The number of hydrogen-bond acceptors (Lipinski definition) is 2. The highest BCUT2D eigenvalue weighted by atomic mass is 79.9. The average Bonchev–Trinajstić information content (AvgIpc) is 2.42. The van der Waals surface area contributed by atoms with Crippen molar-refractivity contribution in [3.8, 4) is 0 Å². The maximum atomic E-state index is 6.13. The quantitative estimate of drug-likeness (QED) is 0.917. The lowest BCUT2D eigenvalue weighted by Gasteiger charge is -2.47. The molecule has 1 aromatic rings. The first-order valence-electron chi connectivity index (χ1n) is 7.26. The van der Waals surface area contributed by atoms with Crippen LogP contribution >= 0.6 is 15.9 Å². The summed E-state index contributed by atoms with van der Waals surface area (Å²) in [5.41, 5.74) is 7.57. The van der Waals surface area contributed by atoms with Gasteiger partial charge in [-0.2, -0.15) is 0 Å². The summed E-state index contributed by atoms with van der Waals surface area (Å²) in [6.45, 7) is 6.56. The second-order valence-corrected chi connectivity index (χ2v) is 6.96. The van der Waals surface area contributed by atoms with Crippen molar-refractivity contribution in [1.82, 2.24) is 4.90 Å². The fraction of sp³-hybridized carbons (Fsp3) is 0.625. The van der Waals surface area contributed by atoms with Crippen molar-refractivity contribution in [2.75, 3.05) is 13.1 Å². The number of likely N-dealkylation sites (tertiary alicyclic amines) is 1. The van der Waals surface area contributed by atoms with Gasteiger partial charge in [-0.1, -0.05) is 34.5 Å². The number of nitrogens with zero attached hydrogens (tertiary/aromatic N) is 1. The maximum absolute atomic E-state index is 6.13. The number of piperidine rings is 1. The van der Waals surface area contributed by atoms with Crippen molar-refractivity contribution in [3.05, 3.63) is 34.3 Å². The van der Waals surface area contributed by atoms with Crippen LogP contribution in [0.25, 0.3) is 0 Å². The van der Waals surface area contributed by atoms with Gasteiger partial charge in [0.05, 0.1) is 0 Å². The molecule has 0 aliphatic carbocycles. The van der Waals surface area contributed by atoms with E-state index in [0.717, 1.165) is 10.9 Å². The Morgan fingerprint density at radius 1 is 1.32 bits per heavy atom. The SMILES string of the molecule is CC1CCCCN1C(C)(CN)Cc1ccc(Br)cc1. The van der Waals surface area contributed by atoms with Gasteiger partial charge >= 0.3 is 0 Å². The van der Waals surface area contributed by atoms with E-state index in [-0.39, 0.29) is 5.54 Å². The predicted molar refractivity (Wildman–Crippen MR) is 85.3 cm³/mol. The number of halogens is 1. The zero-order chi connectivity index (χ0) is 13.9. The van der Waals surface area contributed by atoms with Crippen LogP contribution in [-0.2, 0) is 6.42 Å². The highest BCUT2D eigenvalue weighted by Gasteiger charge is 2.35. The topological polar surface area (TPSA) is 29.3 Å². The van der Waals surface area contributed by atoms with E-state index >= 15 is 0 Å². The minimum absolute atomic E-state index is 0.0770. The largest absolute Gasteiger partial charge is 0.329 e. The van der Waals surface area contributed by atoms with Gasteiger partial charge < -0.3 is 5.73 Å². The third-order valence-corrected chi connectivity index (χ3v) is 4.96. The van der Waals surface area contributed by atoms with Crippen LogP contribution in [0.5, 0.6) is 0 Å². The van der Waals surface area contributed by atoms with Crippen LogP contribution in [-0.4, -0.2) is 29.6 Å². The van der Waals surface area contributed by atoms with Crippen molar-refractivity contribution in [2.24, 2.45) is 5.73 Å². The first kappa shape index (κ1) is 15.0. The summed E-state index contributed by atoms with van der Waals surface area (Å²) in [6.07, 6.45) is 4.99. The van der Waals surface area contributed by atoms with Gasteiger partial charge in [0.25, 0.3) is 0 Å². The summed E-state index contributed by atoms with van der Waals surface area (Å²) in [5, 5.41) is 0. The molecule has 19 heavy (non-hydrogen) atoms. The number of nitrogens with two attached hydrogens (primary N) is 1. The third kappa shape index (κ3) is 3.59. The summed E-state index contributed by atoms with van der Waals surface area (Å²) >= 11 is 3.49. The van der Waals surface area contributed by atoms with Crippen LogP contribution in [0.4, 0.5) is 0 Å². The molecule has 0 aromatic heterocycles. The average molecular weight is 325 g/mol. The number of hydrogen-bond donors (Lipinski definition) is 1. The van der Waals surface area contributed by atoms with Crippen LogP contribution in [0.2, 0.25) is 0 Å². The normalized spacial score (nSPS) is 24.1. The van der Waals surface area contributed by atoms with Gasteiger partial charge in [-0.3, -0.25) is 4.90 Å². The van der Waals surface area contributed by atoms with Crippen molar-refractivity contribution in [3.63, 3.8) is 0 Å². The molecule has 3 heteroatoms. The van der Waals surface area contributed by atoms with Crippen molar-refractivity contribution < 1.29 is 0 Å². The minimum atomic E-state index is 0.0770. The second kappa shape index (κ2) is 6.38. The van der Waals surface area contributed by atoms with Crippen LogP contribution in [0.3, 0.4) is 0 Å². The summed E-state index contributed by atoms with van der Waals surface area (Å²) < 4.78 is 1.14. The molecule has 1 aliphatic rings. The third-order valence-electron chi connectivity index (χ3n) is 4.43. The van der Waals surface area contributed by atoms with Gasteiger partial charge in [-0.25, -0.2) is 0 Å². The van der Waals surface area contributed by atoms with Crippen LogP contribution in [0, 0.1) is 0 Å². The van der Waals surface area contributed by atoms with Crippen molar-refractivity contribution in [1.29, 1.82) is 0 Å². The molecule has 2 atom stereocenters. The summed E-state index contributed by atoms with van der Waals surface area (Å²) in [7, 11) is 0. The lowest BCUT2D eigenvalue weighted by Crippen LogP contribution is -2.58. The molecule has 106 valence electrons. The Balaban J connectivity index is 2.14. The Kier molecular flexibility index (Phi) is 5.04. The Morgan fingerprint density at radius 3 is 2.58 bits per heavy atom. The van der Waals surface area contributed by atoms with E-state index in [4.69, 9.17) is 5.73 Å². The van der Waals surface area contributed by atoms with Crippen molar-refractivity contribution in [2.45, 2.75) is 51.1 Å². The fourth-order valence-corrected chi connectivity index (χ4v) is 3.50. The van der Waals surface area contributed by atoms with E-state index < -0.39 is 0 Å². The Morgan fingerprint density at radius 2 is 2.00 bits per heavy atom. The molecule has 0 amide bonds. The van der Waals surface area contributed by atoms with Crippen molar-refractivity contribution >= 4 is 15.9 Å². The molecule has 0 bridgehead atoms. The molecule has 0 saturated carbocycles. The summed E-state index contributed by atoms with van der Waals surface area (Å²) in [5.74, 6) is 0. The van der Waals surface area contributed by atoms with E-state index in [1.807, 2.05) is 0 Å². The summed E-state index contributed by atoms with van der Waals surface area (Å²) in [4.78, 5) is 2.62. The van der Waals surface area contributed by atoms with Crippen LogP contribution in [0.15, 0.2) is 28.7 Å². The molecule has 2 N–H and O–H groups in total. The lowest BCUT2D eigenvalue weighted by molar-refractivity contribution is 0.0418. The van der Waals surface area contributed by atoms with Crippen LogP contribution in [0.1, 0.15) is 38.7 Å². The first-order chi connectivity index (χ1) is 9.05. The van der Waals surface area contributed by atoms with E-state index in [1.54, 1.807) is 0 Å². The number of rotatable bonds is 4. The van der Waals surface area contributed by atoms with E-state index in [0.29, 0.717) is 12.6 Å². The van der Waals surface area contributed by atoms with Gasteiger partial charge in [-0.05, 0) is 57.4 Å². The molecule has 1 aromatic carbocycles. The molecule has 0 spiro atoms. The second-order valence-electron chi connectivity index (χ2n) is 6.04. The molecular weight excluding hydrogens is 300 g/mol. The molecule has 2 rings (SSSR count). The van der Waals surface area contributed by atoms with Crippen LogP contribution < -0.4 is 5.73 Å². The number of benzene rings is 1. The zero-order valence-corrected chi connectivity index (χ0v) is 13.6. The van der Waals surface area contributed by atoms with Gasteiger partial charge in [0.1, 0.15) is 0 Å². The Hall–Kier alpha value is -0.380. The van der Waals surface area contributed by atoms with E-state index in [9.17, 15) is 0 Å². The minimum Gasteiger partial charge on any atom is -0.329 e.